The molecule has 1 atom stereocenters. The molecule has 154 valence electrons. The van der Waals surface area contributed by atoms with Crippen molar-refractivity contribution in [1.29, 1.82) is 0 Å². The lowest BCUT2D eigenvalue weighted by Gasteiger charge is -2.33. The molecular formula is C23H29N3O3. The summed E-state index contributed by atoms with van der Waals surface area (Å²) < 4.78 is 5.84. The first-order valence-electron chi connectivity index (χ1n) is 10.4. The number of hydrogen-bond acceptors (Lipinski definition) is 4. The van der Waals surface area contributed by atoms with Crippen molar-refractivity contribution in [1.82, 2.24) is 10.6 Å². The van der Waals surface area contributed by atoms with Gasteiger partial charge in [-0.2, -0.15) is 0 Å². The fourth-order valence-corrected chi connectivity index (χ4v) is 4.02. The Morgan fingerprint density at radius 2 is 1.83 bits per heavy atom. The minimum absolute atomic E-state index is 0.00703. The first-order valence-corrected chi connectivity index (χ1v) is 10.4. The molecular weight excluding hydrogens is 366 g/mol. The second-order valence-corrected chi connectivity index (χ2v) is 7.89. The number of aliphatic hydroxyl groups excluding tert-OH is 1. The summed E-state index contributed by atoms with van der Waals surface area (Å²) in [6.07, 6.45) is 2.89. The van der Waals surface area contributed by atoms with Crippen LogP contribution in [0.3, 0.4) is 0 Å². The number of carbonyl (C=O) groups is 1. The summed E-state index contributed by atoms with van der Waals surface area (Å²) in [4.78, 5) is 14.5. The highest BCUT2D eigenvalue weighted by molar-refractivity contribution is 5.73. The molecule has 3 N–H and O–H groups in total. The van der Waals surface area contributed by atoms with Gasteiger partial charge >= 0.3 is 6.03 Å². The number of aliphatic hydroxyl groups is 1. The predicted molar refractivity (Wildman–Crippen MR) is 113 cm³/mol. The number of amides is 2. The van der Waals surface area contributed by atoms with Crippen molar-refractivity contribution < 1.29 is 14.6 Å². The number of para-hydroxylation sites is 1. The zero-order valence-electron chi connectivity index (χ0n) is 16.6. The van der Waals surface area contributed by atoms with Crippen LogP contribution in [0.5, 0.6) is 5.75 Å². The summed E-state index contributed by atoms with van der Waals surface area (Å²) in [7, 11) is 0. The number of rotatable bonds is 6. The van der Waals surface area contributed by atoms with Crippen molar-refractivity contribution in [2.24, 2.45) is 5.92 Å². The van der Waals surface area contributed by atoms with E-state index in [2.05, 4.69) is 45.9 Å². The Morgan fingerprint density at radius 3 is 2.55 bits per heavy atom. The lowest BCUT2D eigenvalue weighted by molar-refractivity contribution is 0.203. The summed E-state index contributed by atoms with van der Waals surface area (Å²) in [5.41, 5.74) is 3.46. The van der Waals surface area contributed by atoms with Crippen LogP contribution in [-0.2, 0) is 13.0 Å². The minimum atomic E-state index is -0.181. The number of ether oxygens (including phenoxy) is 1. The Labute approximate surface area is 171 Å². The smallest absolute Gasteiger partial charge is 0.315 e. The molecule has 2 aromatic carbocycles. The second-order valence-electron chi connectivity index (χ2n) is 7.89. The number of piperidine rings is 1. The van der Waals surface area contributed by atoms with E-state index in [0.717, 1.165) is 43.7 Å². The first kappa shape index (κ1) is 19.6. The predicted octanol–water partition coefficient (Wildman–Crippen LogP) is 2.70. The van der Waals surface area contributed by atoms with Crippen molar-refractivity contribution in [3.63, 3.8) is 0 Å². The molecule has 1 fully saturated rings. The Hall–Kier alpha value is -2.73. The topological polar surface area (TPSA) is 73.8 Å². The van der Waals surface area contributed by atoms with Gasteiger partial charge in [0, 0.05) is 38.3 Å². The van der Waals surface area contributed by atoms with Crippen LogP contribution in [-0.4, -0.2) is 43.5 Å². The summed E-state index contributed by atoms with van der Waals surface area (Å²) in [6, 6.07) is 16.2. The SMILES string of the molecule is O=C(NCc1ccc(N2CCC(CO)CC2)cc1)NCC1Cc2ccccc2O1. The lowest BCUT2D eigenvalue weighted by atomic mass is 9.97. The summed E-state index contributed by atoms with van der Waals surface area (Å²) in [5.74, 6) is 1.36. The molecule has 6 heteroatoms. The number of hydrogen-bond donors (Lipinski definition) is 3. The molecule has 0 aliphatic carbocycles. The van der Waals surface area contributed by atoms with E-state index in [1.165, 1.54) is 11.3 Å². The number of urea groups is 1. The Bertz CT molecular complexity index is 791. The fraction of sp³-hybridized carbons (Fsp3) is 0.435. The lowest BCUT2D eigenvalue weighted by Crippen LogP contribution is -2.40. The van der Waals surface area contributed by atoms with Crippen LogP contribution in [0.1, 0.15) is 24.0 Å². The van der Waals surface area contributed by atoms with E-state index in [-0.39, 0.29) is 12.1 Å². The van der Waals surface area contributed by atoms with E-state index in [0.29, 0.717) is 25.6 Å². The molecule has 4 rings (SSSR count). The summed E-state index contributed by atoms with van der Waals surface area (Å²) >= 11 is 0. The number of anilines is 1. The highest BCUT2D eigenvalue weighted by Gasteiger charge is 2.22. The van der Waals surface area contributed by atoms with Gasteiger partial charge in [-0.25, -0.2) is 4.79 Å². The molecule has 6 nitrogen and oxygen atoms in total. The molecule has 0 bridgehead atoms. The zero-order valence-corrected chi connectivity index (χ0v) is 16.6. The van der Waals surface area contributed by atoms with Gasteiger partial charge in [0.25, 0.3) is 0 Å². The molecule has 2 heterocycles. The van der Waals surface area contributed by atoms with Gasteiger partial charge in [-0.3, -0.25) is 0 Å². The third-order valence-corrected chi connectivity index (χ3v) is 5.83. The van der Waals surface area contributed by atoms with Crippen LogP contribution >= 0.6 is 0 Å². The molecule has 0 spiro atoms. The average molecular weight is 396 g/mol. The second kappa shape index (κ2) is 9.18. The number of fused-ring (bicyclic) bond motifs is 1. The maximum absolute atomic E-state index is 12.1. The van der Waals surface area contributed by atoms with Crippen molar-refractivity contribution in [3.05, 3.63) is 59.7 Å². The molecule has 0 radical (unpaired) electrons. The number of nitrogens with zero attached hydrogens (tertiary/aromatic N) is 1. The van der Waals surface area contributed by atoms with Gasteiger partial charge < -0.3 is 25.4 Å². The van der Waals surface area contributed by atoms with E-state index in [4.69, 9.17) is 4.74 Å². The number of carbonyl (C=O) groups excluding carboxylic acids is 1. The molecule has 29 heavy (non-hydrogen) atoms. The van der Waals surface area contributed by atoms with Crippen molar-refractivity contribution in [2.75, 3.05) is 31.1 Å². The molecule has 1 saturated heterocycles. The highest BCUT2D eigenvalue weighted by atomic mass is 16.5. The van der Waals surface area contributed by atoms with Crippen molar-refractivity contribution >= 4 is 11.7 Å². The quantitative estimate of drug-likeness (QED) is 0.703. The standard InChI is InChI=1S/C23H29N3O3/c27-16-18-9-11-26(12-10-18)20-7-5-17(6-8-20)14-24-23(28)25-15-21-13-19-3-1-2-4-22(19)29-21/h1-8,18,21,27H,9-16H2,(H2,24,25,28). The number of nitrogens with one attached hydrogen (secondary N) is 2. The van der Waals surface area contributed by atoms with Gasteiger partial charge in [0.2, 0.25) is 0 Å². The van der Waals surface area contributed by atoms with Crippen LogP contribution in [0.15, 0.2) is 48.5 Å². The van der Waals surface area contributed by atoms with E-state index in [1.54, 1.807) is 0 Å². The van der Waals surface area contributed by atoms with Crippen molar-refractivity contribution in [3.8, 4) is 5.75 Å². The normalized spacial score (nSPS) is 18.8. The molecule has 2 aliphatic rings. The third-order valence-electron chi connectivity index (χ3n) is 5.83. The van der Waals surface area contributed by atoms with Crippen LogP contribution in [0, 0.1) is 5.92 Å². The van der Waals surface area contributed by atoms with Gasteiger partial charge in [-0.05, 0) is 48.1 Å². The number of benzene rings is 2. The fourth-order valence-electron chi connectivity index (χ4n) is 4.02. The molecule has 0 saturated carbocycles. The molecule has 1 unspecified atom stereocenters. The van der Waals surface area contributed by atoms with Crippen LogP contribution < -0.4 is 20.3 Å². The first-order chi connectivity index (χ1) is 14.2. The maximum Gasteiger partial charge on any atom is 0.315 e. The Balaban J connectivity index is 1.18. The van der Waals surface area contributed by atoms with Crippen LogP contribution in [0.25, 0.3) is 0 Å². The van der Waals surface area contributed by atoms with E-state index in [9.17, 15) is 9.90 Å². The maximum atomic E-state index is 12.1. The van der Waals surface area contributed by atoms with Gasteiger partial charge in [0.1, 0.15) is 11.9 Å². The molecule has 2 amide bonds. The zero-order chi connectivity index (χ0) is 20.1. The molecule has 0 aromatic heterocycles. The summed E-state index contributed by atoms with van der Waals surface area (Å²) in [5, 5.41) is 15.1. The summed E-state index contributed by atoms with van der Waals surface area (Å²) in [6.45, 7) is 3.24. The van der Waals surface area contributed by atoms with Crippen LogP contribution in [0.2, 0.25) is 0 Å². The highest BCUT2D eigenvalue weighted by Crippen LogP contribution is 2.27. The van der Waals surface area contributed by atoms with Gasteiger partial charge in [-0.15, -0.1) is 0 Å². The van der Waals surface area contributed by atoms with E-state index in [1.807, 2.05) is 18.2 Å². The van der Waals surface area contributed by atoms with E-state index >= 15 is 0 Å². The van der Waals surface area contributed by atoms with Gasteiger partial charge in [0.05, 0.1) is 6.54 Å². The average Bonchev–Trinajstić information content (AvgIpc) is 3.20. The molecule has 2 aromatic rings. The van der Waals surface area contributed by atoms with Gasteiger partial charge in [0.15, 0.2) is 0 Å². The largest absolute Gasteiger partial charge is 0.488 e. The van der Waals surface area contributed by atoms with E-state index < -0.39 is 0 Å². The van der Waals surface area contributed by atoms with Gasteiger partial charge in [-0.1, -0.05) is 30.3 Å². The minimum Gasteiger partial charge on any atom is -0.488 e. The Kier molecular flexibility index (Phi) is 6.20. The molecule has 2 aliphatic heterocycles. The third kappa shape index (κ3) is 5.01. The monoisotopic (exact) mass is 395 g/mol. The van der Waals surface area contributed by atoms with Crippen molar-refractivity contribution in [2.45, 2.75) is 31.9 Å². The van der Waals surface area contributed by atoms with Crippen LogP contribution in [0.4, 0.5) is 10.5 Å². The Morgan fingerprint density at radius 1 is 1.07 bits per heavy atom.